The van der Waals surface area contributed by atoms with E-state index in [4.69, 9.17) is 17.3 Å². The SMILES string of the molecule is NCC1CCN(Cc2ccsc2Cl)CC1. The molecule has 2 N–H and O–H groups in total. The van der Waals surface area contributed by atoms with E-state index in [-0.39, 0.29) is 0 Å². The van der Waals surface area contributed by atoms with Crippen LogP contribution in [0.15, 0.2) is 11.4 Å². The maximum absolute atomic E-state index is 6.09. The number of piperidine rings is 1. The van der Waals surface area contributed by atoms with Crippen LogP contribution in [0.4, 0.5) is 0 Å². The summed E-state index contributed by atoms with van der Waals surface area (Å²) >= 11 is 7.70. The molecule has 2 heterocycles. The van der Waals surface area contributed by atoms with Crippen molar-refractivity contribution < 1.29 is 0 Å². The number of thiophene rings is 1. The van der Waals surface area contributed by atoms with Crippen molar-refractivity contribution in [1.29, 1.82) is 0 Å². The molecule has 0 saturated carbocycles. The zero-order chi connectivity index (χ0) is 10.7. The molecule has 1 aliphatic rings. The Bertz CT molecular complexity index is 305. The molecule has 1 aliphatic heterocycles. The van der Waals surface area contributed by atoms with Crippen LogP contribution in [-0.2, 0) is 6.54 Å². The third kappa shape index (κ3) is 2.94. The number of hydrogen-bond donors (Lipinski definition) is 1. The molecule has 84 valence electrons. The predicted octanol–water partition coefficient (Wildman–Crippen LogP) is 2.57. The summed E-state index contributed by atoms with van der Waals surface area (Å²) in [4.78, 5) is 2.47. The van der Waals surface area contributed by atoms with Crippen molar-refractivity contribution in [3.63, 3.8) is 0 Å². The molecule has 0 bridgehead atoms. The quantitative estimate of drug-likeness (QED) is 0.886. The van der Waals surface area contributed by atoms with E-state index >= 15 is 0 Å². The van der Waals surface area contributed by atoms with E-state index in [0.717, 1.165) is 36.4 Å². The van der Waals surface area contributed by atoms with Gasteiger partial charge in [-0.15, -0.1) is 11.3 Å². The van der Waals surface area contributed by atoms with Crippen LogP contribution in [0.25, 0.3) is 0 Å². The number of hydrogen-bond acceptors (Lipinski definition) is 3. The molecule has 1 aromatic rings. The number of nitrogens with two attached hydrogens (primary N) is 1. The first-order valence-corrected chi connectivity index (χ1v) is 6.69. The Hall–Kier alpha value is -0.0900. The fourth-order valence-electron chi connectivity index (χ4n) is 2.05. The van der Waals surface area contributed by atoms with E-state index in [1.54, 1.807) is 11.3 Å². The standard InChI is InChI=1S/C11H17ClN2S/c12-11-10(3-6-15-11)8-14-4-1-9(7-13)2-5-14/h3,6,9H,1-2,4-5,7-8,13H2. The van der Waals surface area contributed by atoms with Crippen molar-refractivity contribution in [2.75, 3.05) is 19.6 Å². The molecule has 15 heavy (non-hydrogen) atoms. The van der Waals surface area contributed by atoms with Gasteiger partial charge in [0.25, 0.3) is 0 Å². The Morgan fingerprint density at radius 1 is 1.47 bits per heavy atom. The van der Waals surface area contributed by atoms with Crippen molar-refractivity contribution in [1.82, 2.24) is 4.90 Å². The van der Waals surface area contributed by atoms with E-state index in [1.807, 2.05) is 0 Å². The van der Waals surface area contributed by atoms with Crippen LogP contribution in [0.1, 0.15) is 18.4 Å². The minimum Gasteiger partial charge on any atom is -0.330 e. The van der Waals surface area contributed by atoms with Gasteiger partial charge in [-0.2, -0.15) is 0 Å². The zero-order valence-corrected chi connectivity index (χ0v) is 10.4. The molecule has 0 spiro atoms. The highest BCUT2D eigenvalue weighted by atomic mass is 35.5. The summed E-state index contributed by atoms with van der Waals surface area (Å²) in [5.41, 5.74) is 6.94. The van der Waals surface area contributed by atoms with Crippen LogP contribution in [0.2, 0.25) is 4.34 Å². The Morgan fingerprint density at radius 2 is 2.20 bits per heavy atom. The van der Waals surface area contributed by atoms with Gasteiger partial charge in [0, 0.05) is 6.54 Å². The molecule has 1 fully saturated rings. The van der Waals surface area contributed by atoms with Crippen LogP contribution in [-0.4, -0.2) is 24.5 Å². The first-order valence-electron chi connectivity index (χ1n) is 5.44. The number of likely N-dealkylation sites (tertiary alicyclic amines) is 1. The van der Waals surface area contributed by atoms with Gasteiger partial charge < -0.3 is 5.73 Å². The van der Waals surface area contributed by atoms with E-state index in [0.29, 0.717) is 0 Å². The molecule has 0 amide bonds. The molecule has 0 aromatic carbocycles. The Labute approximate surface area is 100 Å². The molecule has 2 nitrogen and oxygen atoms in total. The molecule has 1 aromatic heterocycles. The van der Waals surface area contributed by atoms with Gasteiger partial charge in [-0.1, -0.05) is 11.6 Å². The topological polar surface area (TPSA) is 29.3 Å². The van der Waals surface area contributed by atoms with Crippen LogP contribution in [0, 0.1) is 5.92 Å². The lowest BCUT2D eigenvalue weighted by molar-refractivity contribution is 0.180. The van der Waals surface area contributed by atoms with Gasteiger partial charge in [0.05, 0.1) is 4.34 Å². The molecule has 0 unspecified atom stereocenters. The van der Waals surface area contributed by atoms with Gasteiger partial charge in [0.15, 0.2) is 0 Å². The minimum atomic E-state index is 0.735. The summed E-state index contributed by atoms with van der Waals surface area (Å²) in [5, 5.41) is 2.06. The maximum Gasteiger partial charge on any atom is 0.0973 e. The molecule has 2 rings (SSSR count). The fraction of sp³-hybridized carbons (Fsp3) is 0.636. The highest BCUT2D eigenvalue weighted by molar-refractivity contribution is 7.14. The van der Waals surface area contributed by atoms with Gasteiger partial charge in [0.2, 0.25) is 0 Å². The molecule has 1 saturated heterocycles. The Morgan fingerprint density at radius 3 is 2.73 bits per heavy atom. The van der Waals surface area contributed by atoms with Crippen LogP contribution in [0.3, 0.4) is 0 Å². The summed E-state index contributed by atoms with van der Waals surface area (Å²) < 4.78 is 0.941. The number of nitrogens with zero attached hydrogens (tertiary/aromatic N) is 1. The van der Waals surface area contributed by atoms with Gasteiger partial charge in [0.1, 0.15) is 0 Å². The van der Waals surface area contributed by atoms with Crippen LogP contribution >= 0.6 is 22.9 Å². The van der Waals surface area contributed by atoms with Crippen molar-refractivity contribution in [3.8, 4) is 0 Å². The third-order valence-corrected chi connectivity index (χ3v) is 4.38. The van der Waals surface area contributed by atoms with Crippen LogP contribution < -0.4 is 5.73 Å². The second kappa shape index (κ2) is 5.30. The first kappa shape index (κ1) is 11.4. The maximum atomic E-state index is 6.09. The van der Waals surface area contributed by atoms with E-state index in [2.05, 4.69) is 16.3 Å². The fourth-order valence-corrected chi connectivity index (χ4v) is 2.97. The molecule has 4 heteroatoms. The van der Waals surface area contributed by atoms with Gasteiger partial charge >= 0.3 is 0 Å². The monoisotopic (exact) mass is 244 g/mol. The summed E-state index contributed by atoms with van der Waals surface area (Å²) in [6, 6.07) is 2.13. The zero-order valence-electron chi connectivity index (χ0n) is 8.79. The van der Waals surface area contributed by atoms with Crippen molar-refractivity contribution in [2.24, 2.45) is 11.7 Å². The number of halogens is 1. The van der Waals surface area contributed by atoms with Crippen molar-refractivity contribution in [3.05, 3.63) is 21.3 Å². The summed E-state index contributed by atoms with van der Waals surface area (Å²) in [5.74, 6) is 0.735. The second-order valence-corrected chi connectivity index (χ2v) is 5.69. The summed E-state index contributed by atoms with van der Waals surface area (Å²) in [7, 11) is 0. The normalized spacial score (nSPS) is 19.6. The summed E-state index contributed by atoms with van der Waals surface area (Å²) in [6.45, 7) is 4.16. The Kier molecular flexibility index (Phi) is 4.03. The lowest BCUT2D eigenvalue weighted by atomic mass is 9.97. The van der Waals surface area contributed by atoms with E-state index in [9.17, 15) is 0 Å². The average molecular weight is 245 g/mol. The van der Waals surface area contributed by atoms with Crippen LogP contribution in [0.5, 0.6) is 0 Å². The van der Waals surface area contributed by atoms with E-state index in [1.165, 1.54) is 18.4 Å². The molecule has 0 atom stereocenters. The highest BCUT2D eigenvalue weighted by Crippen LogP contribution is 2.25. The van der Waals surface area contributed by atoms with Crippen molar-refractivity contribution >= 4 is 22.9 Å². The molecular weight excluding hydrogens is 228 g/mol. The average Bonchev–Trinajstić information content (AvgIpc) is 2.66. The second-order valence-electron chi connectivity index (χ2n) is 4.17. The number of rotatable bonds is 3. The Balaban J connectivity index is 1.85. The first-order chi connectivity index (χ1) is 7.29. The van der Waals surface area contributed by atoms with E-state index < -0.39 is 0 Å². The lowest BCUT2D eigenvalue weighted by Crippen LogP contribution is -2.35. The van der Waals surface area contributed by atoms with Gasteiger partial charge in [-0.3, -0.25) is 4.90 Å². The highest BCUT2D eigenvalue weighted by Gasteiger charge is 2.18. The van der Waals surface area contributed by atoms with Gasteiger partial charge in [-0.05, 0) is 55.4 Å². The third-order valence-electron chi connectivity index (χ3n) is 3.13. The minimum absolute atomic E-state index is 0.735. The summed E-state index contributed by atoms with van der Waals surface area (Å²) in [6.07, 6.45) is 2.47. The predicted molar refractivity (Wildman–Crippen MR) is 66.4 cm³/mol. The largest absolute Gasteiger partial charge is 0.330 e. The molecule has 0 aliphatic carbocycles. The van der Waals surface area contributed by atoms with Gasteiger partial charge in [-0.25, -0.2) is 0 Å². The lowest BCUT2D eigenvalue weighted by Gasteiger charge is -2.31. The molecule has 0 radical (unpaired) electrons. The van der Waals surface area contributed by atoms with Crippen molar-refractivity contribution in [2.45, 2.75) is 19.4 Å². The molecular formula is C11H17ClN2S. The smallest absolute Gasteiger partial charge is 0.0973 e.